The summed E-state index contributed by atoms with van der Waals surface area (Å²) in [6, 6.07) is 11.3. The van der Waals surface area contributed by atoms with Crippen molar-refractivity contribution in [3.63, 3.8) is 0 Å². The zero-order valence-electron chi connectivity index (χ0n) is 18.4. The molecule has 0 saturated heterocycles. The molecule has 7 nitrogen and oxygen atoms in total. The largest absolute Gasteiger partial charge is 0.492 e. The summed E-state index contributed by atoms with van der Waals surface area (Å²) in [5.74, 6) is 0.305. The molecule has 1 amide bonds. The Morgan fingerprint density at radius 3 is 2.31 bits per heavy atom. The predicted molar refractivity (Wildman–Crippen MR) is 135 cm³/mol. The molecule has 2 aromatic carbocycles. The van der Waals surface area contributed by atoms with Gasteiger partial charge in [-0.3, -0.25) is 10.1 Å². The lowest BCUT2D eigenvalue weighted by molar-refractivity contribution is 0.0977. The fourth-order valence-corrected chi connectivity index (χ4v) is 5.01. The Balaban J connectivity index is 1.99. The Hall–Kier alpha value is -2.01. The number of amides is 1. The van der Waals surface area contributed by atoms with Crippen molar-refractivity contribution in [3.05, 3.63) is 52.5 Å². The van der Waals surface area contributed by atoms with E-state index in [-0.39, 0.29) is 15.9 Å². The highest BCUT2D eigenvalue weighted by Crippen LogP contribution is 2.26. The molecule has 0 bridgehead atoms. The summed E-state index contributed by atoms with van der Waals surface area (Å²) in [4.78, 5) is 12.7. The average Bonchev–Trinajstić information content (AvgIpc) is 2.76. The zero-order valence-corrected chi connectivity index (χ0v) is 21.6. The highest BCUT2D eigenvalue weighted by molar-refractivity contribution is 9.10. The van der Waals surface area contributed by atoms with E-state index in [9.17, 15) is 13.2 Å². The van der Waals surface area contributed by atoms with Crippen molar-refractivity contribution in [2.75, 3.05) is 25.0 Å². The minimum atomic E-state index is -3.53. The smallest absolute Gasteiger partial charge is 0.257 e. The Kier molecular flexibility index (Phi) is 10.1. The van der Waals surface area contributed by atoms with E-state index in [1.165, 1.54) is 16.4 Å². The van der Waals surface area contributed by atoms with Crippen LogP contribution in [-0.2, 0) is 10.0 Å². The lowest BCUT2D eigenvalue weighted by atomic mass is 10.2. The molecule has 0 atom stereocenters. The van der Waals surface area contributed by atoms with Gasteiger partial charge in [-0.25, -0.2) is 8.42 Å². The molecule has 174 valence electrons. The van der Waals surface area contributed by atoms with Crippen LogP contribution in [0.25, 0.3) is 0 Å². The van der Waals surface area contributed by atoms with Crippen molar-refractivity contribution < 1.29 is 17.9 Å². The number of rotatable bonds is 10. The molecular formula is C22H28BrN3O4S2. The van der Waals surface area contributed by atoms with Gasteiger partial charge in [0, 0.05) is 24.3 Å². The summed E-state index contributed by atoms with van der Waals surface area (Å²) in [6.45, 7) is 7.09. The third kappa shape index (κ3) is 6.99. The molecule has 32 heavy (non-hydrogen) atoms. The topological polar surface area (TPSA) is 87.7 Å². The number of ether oxygens (including phenoxy) is 1. The second-order valence-electron chi connectivity index (χ2n) is 6.87. The van der Waals surface area contributed by atoms with Gasteiger partial charge in [-0.05, 0) is 77.0 Å². The van der Waals surface area contributed by atoms with Crippen LogP contribution >= 0.6 is 28.1 Å². The average molecular weight is 543 g/mol. The van der Waals surface area contributed by atoms with Gasteiger partial charge in [-0.15, -0.1) is 0 Å². The van der Waals surface area contributed by atoms with E-state index in [4.69, 9.17) is 17.0 Å². The highest BCUT2D eigenvalue weighted by Gasteiger charge is 2.21. The standard InChI is InChI=1S/C22H28BrN3O4S2/c1-4-7-14-30-20-13-8-16(15-19(20)23)21(27)25-22(31)24-17-9-11-18(12-10-17)32(28,29)26(5-2)6-3/h8-13,15H,4-7,14H2,1-3H3,(H2,24,25,27,31). The number of sulfonamides is 1. The Morgan fingerprint density at radius 2 is 1.75 bits per heavy atom. The molecular weight excluding hydrogens is 514 g/mol. The maximum absolute atomic E-state index is 12.6. The molecule has 2 aromatic rings. The van der Waals surface area contributed by atoms with Crippen molar-refractivity contribution in [1.82, 2.24) is 9.62 Å². The van der Waals surface area contributed by atoms with Crippen LogP contribution in [0, 0.1) is 0 Å². The quantitative estimate of drug-likeness (QED) is 0.332. The number of benzene rings is 2. The molecule has 0 saturated carbocycles. The fourth-order valence-electron chi connectivity index (χ4n) is 2.85. The van der Waals surface area contributed by atoms with Gasteiger partial charge in [-0.2, -0.15) is 4.31 Å². The molecule has 0 aliphatic heterocycles. The van der Waals surface area contributed by atoms with Crippen LogP contribution in [0.15, 0.2) is 51.8 Å². The van der Waals surface area contributed by atoms with Crippen LogP contribution in [0.1, 0.15) is 44.0 Å². The van der Waals surface area contributed by atoms with Crippen LogP contribution in [0.5, 0.6) is 5.75 Å². The first-order chi connectivity index (χ1) is 15.2. The third-order valence-electron chi connectivity index (χ3n) is 4.63. The number of hydrogen-bond donors (Lipinski definition) is 2. The van der Waals surface area contributed by atoms with Gasteiger partial charge in [-0.1, -0.05) is 27.2 Å². The Bertz CT molecular complexity index is 1040. The molecule has 0 fully saturated rings. The molecule has 0 aromatic heterocycles. The van der Waals surface area contributed by atoms with Crippen molar-refractivity contribution in [3.8, 4) is 5.75 Å². The SMILES string of the molecule is CCCCOc1ccc(C(=O)NC(=S)Nc2ccc(S(=O)(=O)N(CC)CC)cc2)cc1Br. The molecule has 0 heterocycles. The summed E-state index contributed by atoms with van der Waals surface area (Å²) in [6.07, 6.45) is 1.99. The normalized spacial score (nSPS) is 11.3. The van der Waals surface area contributed by atoms with E-state index in [1.54, 1.807) is 44.2 Å². The Morgan fingerprint density at radius 1 is 1.09 bits per heavy atom. The monoisotopic (exact) mass is 541 g/mol. The van der Waals surface area contributed by atoms with E-state index in [0.29, 0.717) is 41.2 Å². The van der Waals surface area contributed by atoms with Gasteiger partial charge in [0.15, 0.2) is 5.11 Å². The van der Waals surface area contributed by atoms with Crippen molar-refractivity contribution in [2.45, 2.75) is 38.5 Å². The summed E-state index contributed by atoms with van der Waals surface area (Å²) in [7, 11) is -3.53. The number of thiocarbonyl (C=S) groups is 1. The number of halogens is 1. The third-order valence-corrected chi connectivity index (χ3v) is 7.52. The second-order valence-corrected chi connectivity index (χ2v) is 10.1. The second kappa shape index (κ2) is 12.3. The first kappa shape index (κ1) is 26.2. The molecule has 2 rings (SSSR count). The molecule has 0 aliphatic carbocycles. The number of carbonyl (C=O) groups is 1. The van der Waals surface area contributed by atoms with Crippen LogP contribution in [0.4, 0.5) is 5.69 Å². The van der Waals surface area contributed by atoms with Gasteiger partial charge in [0.05, 0.1) is 16.0 Å². The number of hydrogen-bond acceptors (Lipinski definition) is 5. The molecule has 2 N–H and O–H groups in total. The summed E-state index contributed by atoms with van der Waals surface area (Å²) < 4.78 is 32.9. The molecule has 0 radical (unpaired) electrons. The summed E-state index contributed by atoms with van der Waals surface area (Å²) >= 11 is 8.65. The van der Waals surface area contributed by atoms with Gasteiger partial charge in [0.1, 0.15) is 5.75 Å². The molecule has 10 heteroatoms. The van der Waals surface area contributed by atoms with Crippen LogP contribution in [0.3, 0.4) is 0 Å². The van der Waals surface area contributed by atoms with E-state index < -0.39 is 10.0 Å². The fraction of sp³-hybridized carbons (Fsp3) is 0.364. The van der Waals surface area contributed by atoms with E-state index in [0.717, 1.165) is 12.8 Å². The van der Waals surface area contributed by atoms with E-state index in [1.807, 2.05) is 0 Å². The molecule has 0 spiro atoms. The number of anilines is 1. The minimum Gasteiger partial charge on any atom is -0.492 e. The first-order valence-corrected chi connectivity index (χ1v) is 13.0. The lowest BCUT2D eigenvalue weighted by Crippen LogP contribution is -2.34. The van der Waals surface area contributed by atoms with Crippen LogP contribution < -0.4 is 15.4 Å². The molecule has 0 unspecified atom stereocenters. The van der Waals surface area contributed by atoms with Gasteiger partial charge in [0.2, 0.25) is 10.0 Å². The zero-order chi connectivity index (χ0) is 23.7. The van der Waals surface area contributed by atoms with Crippen LogP contribution in [-0.4, -0.2) is 43.4 Å². The van der Waals surface area contributed by atoms with Crippen molar-refractivity contribution >= 4 is 54.9 Å². The summed E-state index contributed by atoms with van der Waals surface area (Å²) in [5.41, 5.74) is 0.985. The number of unbranched alkanes of at least 4 members (excludes halogenated alkanes) is 1. The number of nitrogens with zero attached hydrogens (tertiary/aromatic N) is 1. The summed E-state index contributed by atoms with van der Waals surface area (Å²) in [5, 5.41) is 5.62. The van der Waals surface area contributed by atoms with Crippen LogP contribution in [0.2, 0.25) is 0 Å². The van der Waals surface area contributed by atoms with E-state index in [2.05, 4.69) is 33.5 Å². The van der Waals surface area contributed by atoms with Gasteiger partial charge >= 0.3 is 0 Å². The Labute approximate surface area is 203 Å². The van der Waals surface area contributed by atoms with E-state index >= 15 is 0 Å². The van der Waals surface area contributed by atoms with Crippen molar-refractivity contribution in [2.24, 2.45) is 0 Å². The number of nitrogens with one attached hydrogen (secondary N) is 2. The maximum atomic E-state index is 12.6. The highest BCUT2D eigenvalue weighted by atomic mass is 79.9. The molecule has 0 aliphatic rings. The maximum Gasteiger partial charge on any atom is 0.257 e. The number of carbonyl (C=O) groups excluding carboxylic acids is 1. The van der Waals surface area contributed by atoms with Gasteiger partial charge in [0.25, 0.3) is 5.91 Å². The lowest BCUT2D eigenvalue weighted by Gasteiger charge is -2.18. The predicted octanol–water partition coefficient (Wildman–Crippen LogP) is 4.79. The van der Waals surface area contributed by atoms with Gasteiger partial charge < -0.3 is 10.1 Å². The van der Waals surface area contributed by atoms with Crippen molar-refractivity contribution in [1.29, 1.82) is 0 Å². The minimum absolute atomic E-state index is 0.105. The first-order valence-electron chi connectivity index (χ1n) is 10.4.